The van der Waals surface area contributed by atoms with Gasteiger partial charge in [-0.05, 0) is 77.9 Å². The molecule has 2 amide bonds. The normalized spacial score (nSPS) is 16.6. The van der Waals surface area contributed by atoms with Crippen LogP contribution in [0.25, 0.3) is 0 Å². The summed E-state index contributed by atoms with van der Waals surface area (Å²) < 4.78 is 24.1. The highest BCUT2D eigenvalue weighted by atomic mass is 19.1. The maximum Gasteiger partial charge on any atom is 0.259 e. The average Bonchev–Trinajstić information content (AvgIpc) is 2.94. The number of benzene rings is 4. The highest BCUT2D eigenvalue weighted by molar-refractivity contribution is 6.12. The van der Waals surface area contributed by atoms with E-state index in [2.05, 4.69) is 5.32 Å². The molecule has 0 saturated heterocycles. The van der Waals surface area contributed by atoms with Crippen LogP contribution < -0.4 is 19.7 Å². The lowest BCUT2D eigenvalue weighted by atomic mass is 9.78. The molecule has 0 bridgehead atoms. The van der Waals surface area contributed by atoms with Crippen LogP contribution in [0.2, 0.25) is 0 Å². The van der Waals surface area contributed by atoms with E-state index in [0.717, 1.165) is 5.56 Å². The third kappa shape index (κ3) is 4.63. The van der Waals surface area contributed by atoms with Crippen molar-refractivity contribution in [2.24, 2.45) is 0 Å². The minimum atomic E-state index is -0.755. The highest BCUT2D eigenvalue weighted by Gasteiger charge is 2.45. The number of halogens is 1. The van der Waals surface area contributed by atoms with Crippen LogP contribution in [-0.2, 0) is 4.79 Å². The van der Waals surface area contributed by atoms with Crippen LogP contribution in [0.5, 0.6) is 11.5 Å². The van der Waals surface area contributed by atoms with E-state index in [1.54, 1.807) is 55.5 Å². The molecule has 7 heteroatoms. The van der Waals surface area contributed by atoms with Crippen LogP contribution in [0.15, 0.2) is 97.1 Å². The Morgan fingerprint density at radius 1 is 0.811 bits per heavy atom. The Hall–Kier alpha value is -4.65. The number of nitrogens with zero attached hydrogens (tertiary/aromatic N) is 1. The summed E-state index contributed by atoms with van der Waals surface area (Å²) in [5.74, 6) is -0.365. The number of ether oxygens (including phenoxy) is 2. The Morgan fingerprint density at radius 2 is 1.41 bits per heavy atom. The van der Waals surface area contributed by atoms with E-state index < -0.39 is 17.8 Å². The summed E-state index contributed by atoms with van der Waals surface area (Å²) >= 11 is 0. The van der Waals surface area contributed by atoms with Crippen LogP contribution in [-0.4, -0.2) is 26.0 Å². The zero-order valence-corrected chi connectivity index (χ0v) is 20.4. The van der Waals surface area contributed by atoms with Gasteiger partial charge in [-0.15, -0.1) is 0 Å². The number of hydrogen-bond donors (Lipinski definition) is 1. The summed E-state index contributed by atoms with van der Waals surface area (Å²) in [5, 5.41) is 2.92. The Labute approximate surface area is 214 Å². The molecule has 6 nitrogen and oxygen atoms in total. The van der Waals surface area contributed by atoms with Gasteiger partial charge in [-0.1, -0.05) is 30.3 Å². The van der Waals surface area contributed by atoms with E-state index in [1.165, 1.54) is 24.3 Å². The zero-order chi connectivity index (χ0) is 25.9. The topological polar surface area (TPSA) is 67.9 Å². The summed E-state index contributed by atoms with van der Waals surface area (Å²) in [4.78, 5) is 29.5. The van der Waals surface area contributed by atoms with Gasteiger partial charge in [0, 0.05) is 16.9 Å². The molecule has 5 rings (SSSR count). The number of carbonyl (C=O) groups excluding carboxylic acids is 2. The average molecular weight is 497 g/mol. The fourth-order valence-electron chi connectivity index (χ4n) is 4.74. The zero-order valence-electron chi connectivity index (χ0n) is 20.4. The van der Waals surface area contributed by atoms with E-state index in [4.69, 9.17) is 9.47 Å². The number of rotatable bonds is 6. The maximum atomic E-state index is 13.9. The smallest absolute Gasteiger partial charge is 0.259 e. The standard InChI is InChI=1S/C30H25FN2O4/c1-36-23-15-7-19(8-16-23)28-27(29(34)32-21-11-9-20(31)10-12-21)25-5-3-4-6-26(25)30(35)33(28)22-13-17-24(37-2)18-14-22/h3-18,27-28H,1-2H3,(H,32,34). The van der Waals surface area contributed by atoms with Gasteiger partial charge in [-0.25, -0.2) is 4.39 Å². The lowest BCUT2D eigenvalue weighted by Gasteiger charge is -2.42. The van der Waals surface area contributed by atoms with Crippen molar-refractivity contribution in [1.29, 1.82) is 0 Å². The molecule has 0 aromatic heterocycles. The Bertz CT molecular complexity index is 1420. The SMILES string of the molecule is COc1ccc(C2C(C(=O)Nc3ccc(F)cc3)c3ccccc3C(=O)N2c2ccc(OC)cc2)cc1. The minimum Gasteiger partial charge on any atom is -0.497 e. The van der Waals surface area contributed by atoms with Gasteiger partial charge in [-0.3, -0.25) is 14.5 Å². The summed E-state index contributed by atoms with van der Waals surface area (Å²) in [6.45, 7) is 0. The molecule has 4 aromatic rings. The van der Waals surface area contributed by atoms with Crippen molar-refractivity contribution < 1.29 is 23.5 Å². The molecule has 4 aromatic carbocycles. The quantitative estimate of drug-likeness (QED) is 0.357. The molecule has 0 radical (unpaired) electrons. The highest BCUT2D eigenvalue weighted by Crippen LogP contribution is 2.46. The number of methoxy groups -OCH3 is 2. The fraction of sp³-hybridized carbons (Fsp3) is 0.133. The molecular weight excluding hydrogens is 471 g/mol. The van der Waals surface area contributed by atoms with Crippen molar-refractivity contribution in [1.82, 2.24) is 0 Å². The Morgan fingerprint density at radius 3 is 2.03 bits per heavy atom. The second-order valence-electron chi connectivity index (χ2n) is 8.65. The van der Waals surface area contributed by atoms with Gasteiger partial charge < -0.3 is 14.8 Å². The summed E-state index contributed by atoms with van der Waals surface area (Å²) in [6, 6.07) is 26.6. The van der Waals surface area contributed by atoms with Crippen molar-refractivity contribution >= 4 is 23.2 Å². The molecule has 2 unspecified atom stereocenters. The predicted molar refractivity (Wildman–Crippen MR) is 140 cm³/mol. The monoisotopic (exact) mass is 496 g/mol. The molecule has 0 saturated carbocycles. The molecule has 1 N–H and O–H groups in total. The molecule has 0 spiro atoms. The molecule has 1 aliphatic heterocycles. The molecule has 2 atom stereocenters. The van der Waals surface area contributed by atoms with Gasteiger partial charge in [0.25, 0.3) is 5.91 Å². The van der Waals surface area contributed by atoms with Crippen molar-refractivity contribution in [2.45, 2.75) is 12.0 Å². The van der Waals surface area contributed by atoms with Crippen LogP contribution in [0.3, 0.4) is 0 Å². The van der Waals surface area contributed by atoms with E-state index in [-0.39, 0.29) is 11.8 Å². The Kier molecular flexibility index (Phi) is 6.60. The maximum absolute atomic E-state index is 13.9. The second kappa shape index (κ2) is 10.1. The van der Waals surface area contributed by atoms with Crippen molar-refractivity contribution in [3.8, 4) is 11.5 Å². The molecule has 37 heavy (non-hydrogen) atoms. The molecule has 186 valence electrons. The molecule has 0 aliphatic carbocycles. The van der Waals surface area contributed by atoms with Gasteiger partial charge in [0.05, 0.1) is 26.2 Å². The van der Waals surface area contributed by atoms with Crippen molar-refractivity contribution in [3.63, 3.8) is 0 Å². The summed E-state index contributed by atoms with van der Waals surface area (Å²) in [6.07, 6.45) is 0. The van der Waals surface area contributed by atoms with Crippen LogP contribution in [0.1, 0.15) is 33.4 Å². The number of carbonyl (C=O) groups is 2. The van der Waals surface area contributed by atoms with E-state index in [1.807, 2.05) is 36.4 Å². The number of fused-ring (bicyclic) bond motifs is 1. The first-order valence-corrected chi connectivity index (χ1v) is 11.8. The van der Waals surface area contributed by atoms with Crippen LogP contribution >= 0.6 is 0 Å². The van der Waals surface area contributed by atoms with Gasteiger partial charge in [0.15, 0.2) is 0 Å². The van der Waals surface area contributed by atoms with E-state index >= 15 is 0 Å². The lowest BCUT2D eigenvalue weighted by molar-refractivity contribution is -0.118. The number of anilines is 2. The second-order valence-corrected chi connectivity index (χ2v) is 8.65. The number of nitrogens with one attached hydrogen (secondary N) is 1. The first-order valence-electron chi connectivity index (χ1n) is 11.8. The first kappa shape index (κ1) is 24.1. The van der Waals surface area contributed by atoms with Crippen molar-refractivity contribution in [3.05, 3.63) is 120 Å². The van der Waals surface area contributed by atoms with E-state index in [0.29, 0.717) is 34.0 Å². The van der Waals surface area contributed by atoms with Gasteiger partial charge in [0.1, 0.15) is 17.3 Å². The summed E-state index contributed by atoms with van der Waals surface area (Å²) in [5.41, 5.74) is 2.92. The fourth-order valence-corrected chi connectivity index (χ4v) is 4.74. The molecule has 1 aliphatic rings. The van der Waals surface area contributed by atoms with Gasteiger partial charge in [-0.2, -0.15) is 0 Å². The van der Waals surface area contributed by atoms with E-state index in [9.17, 15) is 14.0 Å². The van der Waals surface area contributed by atoms with Crippen molar-refractivity contribution in [2.75, 3.05) is 24.4 Å². The molecular formula is C30H25FN2O4. The third-order valence-electron chi connectivity index (χ3n) is 6.54. The molecule has 1 heterocycles. The summed E-state index contributed by atoms with van der Waals surface area (Å²) in [7, 11) is 3.16. The number of amides is 2. The third-order valence-corrected chi connectivity index (χ3v) is 6.54. The Balaban J connectivity index is 1.67. The number of hydrogen-bond acceptors (Lipinski definition) is 4. The lowest BCUT2D eigenvalue weighted by Crippen LogP contribution is -2.46. The predicted octanol–water partition coefficient (Wildman–Crippen LogP) is 5.97. The van der Waals surface area contributed by atoms with Crippen LogP contribution in [0.4, 0.5) is 15.8 Å². The first-order chi connectivity index (χ1) is 18.0. The van der Waals surface area contributed by atoms with Crippen LogP contribution in [0, 0.1) is 5.82 Å². The largest absolute Gasteiger partial charge is 0.497 e. The van der Waals surface area contributed by atoms with Gasteiger partial charge in [0.2, 0.25) is 5.91 Å². The van der Waals surface area contributed by atoms with Gasteiger partial charge >= 0.3 is 0 Å². The molecule has 0 fully saturated rings. The minimum absolute atomic E-state index is 0.215.